The number of aliphatic hydroxyl groups excluding tert-OH is 1. The molecule has 1 fully saturated rings. The van der Waals surface area contributed by atoms with Crippen molar-refractivity contribution in [3.63, 3.8) is 0 Å². The molecule has 5 heteroatoms. The predicted molar refractivity (Wildman–Crippen MR) is 85.1 cm³/mol. The number of nitrogens with two attached hydrogens (primary N) is 1. The van der Waals surface area contributed by atoms with Crippen molar-refractivity contribution < 1.29 is 14.6 Å². The van der Waals surface area contributed by atoms with E-state index < -0.39 is 0 Å². The van der Waals surface area contributed by atoms with Crippen molar-refractivity contribution in [2.45, 2.75) is 32.1 Å². The highest BCUT2D eigenvalue weighted by Gasteiger charge is 2.31. The van der Waals surface area contributed by atoms with Gasteiger partial charge in [0.1, 0.15) is 0 Å². The number of ether oxygens (including phenoxy) is 2. The lowest BCUT2D eigenvalue weighted by atomic mass is 9.74. The minimum absolute atomic E-state index is 0.0299. The zero-order valence-corrected chi connectivity index (χ0v) is 12.9. The molecule has 0 aromatic heterocycles. The van der Waals surface area contributed by atoms with Crippen LogP contribution in [0.15, 0.2) is 12.1 Å². The number of hydrogen-bond donors (Lipinski definition) is 3. The van der Waals surface area contributed by atoms with Gasteiger partial charge in [-0.05, 0) is 12.8 Å². The number of aliphatic hydroxyl groups is 1. The summed E-state index contributed by atoms with van der Waals surface area (Å²) in [5.74, 6) is 1.27. The van der Waals surface area contributed by atoms with Crippen LogP contribution in [-0.4, -0.2) is 32.5 Å². The Morgan fingerprint density at radius 1 is 1.14 bits per heavy atom. The van der Waals surface area contributed by atoms with Crippen molar-refractivity contribution >= 4 is 11.4 Å². The van der Waals surface area contributed by atoms with Crippen LogP contribution in [0.2, 0.25) is 0 Å². The molecule has 118 valence electrons. The zero-order chi connectivity index (χ0) is 15.3. The molecule has 0 atom stereocenters. The molecule has 5 nitrogen and oxygen atoms in total. The second-order valence-electron chi connectivity index (χ2n) is 5.87. The Morgan fingerprint density at radius 2 is 1.76 bits per heavy atom. The van der Waals surface area contributed by atoms with Gasteiger partial charge in [0.15, 0.2) is 11.5 Å². The number of rotatable bonds is 6. The first kappa shape index (κ1) is 15.8. The van der Waals surface area contributed by atoms with Crippen LogP contribution < -0.4 is 20.5 Å². The van der Waals surface area contributed by atoms with Crippen LogP contribution in [-0.2, 0) is 0 Å². The quantitative estimate of drug-likeness (QED) is 0.703. The van der Waals surface area contributed by atoms with E-state index in [2.05, 4.69) is 5.32 Å². The lowest BCUT2D eigenvalue weighted by molar-refractivity contribution is 0.0944. The van der Waals surface area contributed by atoms with Gasteiger partial charge in [-0.1, -0.05) is 19.3 Å². The number of methoxy groups -OCH3 is 2. The molecule has 0 spiro atoms. The molecule has 1 aromatic rings. The Kier molecular flexibility index (Phi) is 5.17. The fourth-order valence-electron chi connectivity index (χ4n) is 3.02. The smallest absolute Gasteiger partial charge is 0.162 e. The Labute approximate surface area is 126 Å². The Balaban J connectivity index is 2.11. The maximum Gasteiger partial charge on any atom is 0.162 e. The van der Waals surface area contributed by atoms with E-state index in [4.69, 9.17) is 15.2 Å². The molecule has 0 amide bonds. The van der Waals surface area contributed by atoms with Gasteiger partial charge in [-0.2, -0.15) is 0 Å². The third-order valence-electron chi connectivity index (χ3n) is 4.46. The minimum atomic E-state index is -0.0299. The van der Waals surface area contributed by atoms with Gasteiger partial charge in [0.2, 0.25) is 0 Å². The molecule has 0 unspecified atom stereocenters. The average molecular weight is 294 g/mol. The van der Waals surface area contributed by atoms with Crippen molar-refractivity contribution in [1.29, 1.82) is 0 Å². The second-order valence-corrected chi connectivity index (χ2v) is 5.87. The molecule has 4 N–H and O–H groups in total. The largest absolute Gasteiger partial charge is 0.493 e. The third-order valence-corrected chi connectivity index (χ3v) is 4.46. The molecular weight excluding hydrogens is 268 g/mol. The fraction of sp³-hybridized carbons (Fsp3) is 0.625. The van der Waals surface area contributed by atoms with Crippen LogP contribution in [0, 0.1) is 5.41 Å². The molecule has 21 heavy (non-hydrogen) atoms. The van der Waals surface area contributed by atoms with E-state index in [9.17, 15) is 5.11 Å². The summed E-state index contributed by atoms with van der Waals surface area (Å²) in [7, 11) is 3.20. The Morgan fingerprint density at radius 3 is 2.33 bits per heavy atom. The topological polar surface area (TPSA) is 76.7 Å². The molecule has 0 radical (unpaired) electrons. The first-order valence-corrected chi connectivity index (χ1v) is 7.50. The maximum absolute atomic E-state index is 9.76. The molecule has 2 rings (SSSR count). The van der Waals surface area contributed by atoms with Crippen LogP contribution in [0.1, 0.15) is 32.1 Å². The van der Waals surface area contributed by atoms with Gasteiger partial charge in [0, 0.05) is 24.1 Å². The summed E-state index contributed by atoms with van der Waals surface area (Å²) in [6, 6.07) is 3.61. The zero-order valence-electron chi connectivity index (χ0n) is 12.9. The molecule has 1 aliphatic carbocycles. The van der Waals surface area contributed by atoms with E-state index in [1.54, 1.807) is 20.3 Å². The summed E-state index contributed by atoms with van der Waals surface area (Å²) in [6.45, 7) is 0.941. The minimum Gasteiger partial charge on any atom is -0.493 e. The fourth-order valence-corrected chi connectivity index (χ4v) is 3.02. The van der Waals surface area contributed by atoms with E-state index in [0.29, 0.717) is 17.2 Å². The highest BCUT2D eigenvalue weighted by molar-refractivity contribution is 5.72. The van der Waals surface area contributed by atoms with Crippen LogP contribution in [0.5, 0.6) is 11.5 Å². The normalized spacial score (nSPS) is 17.3. The number of anilines is 2. The van der Waals surface area contributed by atoms with E-state index in [-0.39, 0.29) is 12.0 Å². The van der Waals surface area contributed by atoms with Crippen LogP contribution in [0.3, 0.4) is 0 Å². The molecule has 0 heterocycles. The highest BCUT2D eigenvalue weighted by Crippen LogP contribution is 2.38. The van der Waals surface area contributed by atoms with Gasteiger partial charge in [0.05, 0.1) is 32.2 Å². The Hall–Kier alpha value is -1.62. The lowest BCUT2D eigenvalue weighted by Gasteiger charge is -2.36. The number of hydrogen-bond acceptors (Lipinski definition) is 5. The van der Waals surface area contributed by atoms with Crippen molar-refractivity contribution in [2.24, 2.45) is 5.41 Å². The summed E-state index contributed by atoms with van der Waals surface area (Å²) >= 11 is 0. The number of nitrogens with one attached hydrogen (secondary N) is 1. The summed E-state index contributed by atoms with van der Waals surface area (Å²) in [5.41, 5.74) is 7.48. The summed E-state index contributed by atoms with van der Waals surface area (Å²) in [4.78, 5) is 0. The van der Waals surface area contributed by atoms with Crippen molar-refractivity contribution in [1.82, 2.24) is 0 Å². The van der Waals surface area contributed by atoms with Gasteiger partial charge in [0.25, 0.3) is 0 Å². The van der Waals surface area contributed by atoms with Crippen molar-refractivity contribution in [3.05, 3.63) is 12.1 Å². The van der Waals surface area contributed by atoms with Crippen LogP contribution in [0.25, 0.3) is 0 Å². The molecule has 1 aromatic carbocycles. The van der Waals surface area contributed by atoms with Gasteiger partial charge in [-0.15, -0.1) is 0 Å². The van der Waals surface area contributed by atoms with E-state index in [0.717, 1.165) is 25.1 Å². The Bertz CT molecular complexity index is 471. The molecule has 0 aliphatic heterocycles. The third kappa shape index (κ3) is 3.53. The number of nitrogen functional groups attached to an aromatic ring is 1. The first-order valence-electron chi connectivity index (χ1n) is 7.50. The SMILES string of the molecule is COc1cc(N)c(NCC2(CO)CCCCC2)cc1OC. The van der Waals surface area contributed by atoms with Crippen LogP contribution >= 0.6 is 0 Å². The van der Waals surface area contributed by atoms with E-state index >= 15 is 0 Å². The van der Waals surface area contributed by atoms with Gasteiger partial charge in [-0.25, -0.2) is 0 Å². The molecular formula is C16H26N2O3. The molecule has 0 saturated heterocycles. The monoisotopic (exact) mass is 294 g/mol. The van der Waals surface area contributed by atoms with Gasteiger partial charge in [-0.3, -0.25) is 0 Å². The molecule has 1 aliphatic rings. The number of benzene rings is 1. The van der Waals surface area contributed by atoms with Crippen LogP contribution in [0.4, 0.5) is 11.4 Å². The molecule has 0 bridgehead atoms. The second kappa shape index (κ2) is 6.89. The lowest BCUT2D eigenvalue weighted by Crippen LogP contribution is -2.35. The van der Waals surface area contributed by atoms with E-state index in [1.807, 2.05) is 6.07 Å². The van der Waals surface area contributed by atoms with Gasteiger partial charge >= 0.3 is 0 Å². The standard InChI is InChI=1S/C16H26N2O3/c1-20-14-8-12(17)13(9-15(14)21-2)18-10-16(11-19)6-4-3-5-7-16/h8-9,18-19H,3-7,10-11,17H2,1-2H3. The van der Waals surface area contributed by atoms with E-state index in [1.165, 1.54) is 19.3 Å². The first-order chi connectivity index (χ1) is 10.1. The predicted octanol–water partition coefficient (Wildman–Crippen LogP) is 2.64. The average Bonchev–Trinajstić information content (AvgIpc) is 2.54. The van der Waals surface area contributed by atoms with Crippen molar-refractivity contribution in [2.75, 3.05) is 38.4 Å². The summed E-state index contributed by atoms with van der Waals surface area (Å²) in [5, 5.41) is 13.1. The van der Waals surface area contributed by atoms with Crippen molar-refractivity contribution in [3.8, 4) is 11.5 Å². The maximum atomic E-state index is 9.76. The summed E-state index contributed by atoms with van der Waals surface area (Å²) in [6.07, 6.45) is 5.75. The van der Waals surface area contributed by atoms with Gasteiger partial charge < -0.3 is 25.6 Å². The summed E-state index contributed by atoms with van der Waals surface area (Å²) < 4.78 is 10.5. The molecule has 1 saturated carbocycles. The highest BCUT2D eigenvalue weighted by atomic mass is 16.5.